The minimum atomic E-state index is -0.637. The molecule has 1 fully saturated rings. The molecule has 92 valence electrons. The van der Waals surface area contributed by atoms with E-state index in [0.717, 1.165) is 34.3 Å². The van der Waals surface area contributed by atoms with Gasteiger partial charge in [-0.25, -0.2) is 0 Å². The Labute approximate surface area is 114 Å². The molecule has 0 aliphatic heterocycles. The van der Waals surface area contributed by atoms with Crippen LogP contribution in [0.25, 0.3) is 0 Å². The van der Waals surface area contributed by atoms with Crippen LogP contribution in [-0.2, 0) is 0 Å². The monoisotopic (exact) mass is 313 g/mol. The molecule has 1 unspecified atom stereocenters. The van der Waals surface area contributed by atoms with Crippen molar-refractivity contribution >= 4 is 27.3 Å². The van der Waals surface area contributed by atoms with E-state index < -0.39 is 11.5 Å². The van der Waals surface area contributed by atoms with Crippen LogP contribution in [0.3, 0.4) is 0 Å². The molecule has 2 nitrogen and oxygen atoms in total. The highest BCUT2D eigenvalue weighted by atomic mass is 79.9. The van der Waals surface area contributed by atoms with Gasteiger partial charge in [-0.3, -0.25) is 0 Å². The molecule has 2 rings (SSSR count). The van der Waals surface area contributed by atoms with Gasteiger partial charge in [-0.2, -0.15) is 5.26 Å². The largest absolute Gasteiger partial charge is 0.386 e. The van der Waals surface area contributed by atoms with Gasteiger partial charge < -0.3 is 5.11 Å². The van der Waals surface area contributed by atoms with Crippen molar-refractivity contribution in [2.24, 2.45) is 5.41 Å². The van der Waals surface area contributed by atoms with Crippen molar-refractivity contribution in [3.05, 3.63) is 20.8 Å². The minimum absolute atomic E-state index is 0.569. The normalized spacial score (nSPS) is 21.5. The first-order chi connectivity index (χ1) is 8.18. The topological polar surface area (TPSA) is 44.0 Å². The van der Waals surface area contributed by atoms with E-state index in [-0.39, 0.29) is 0 Å². The Hall–Kier alpha value is -0.370. The van der Waals surface area contributed by atoms with Crippen LogP contribution >= 0.6 is 27.3 Å². The molecule has 1 aromatic heterocycles. The maximum Gasteiger partial charge on any atom is 0.107 e. The Morgan fingerprint density at radius 2 is 1.94 bits per heavy atom. The average Bonchev–Trinajstić information content (AvgIpc) is 2.64. The van der Waals surface area contributed by atoms with E-state index in [2.05, 4.69) is 22.0 Å². The molecule has 0 saturated heterocycles. The summed E-state index contributed by atoms with van der Waals surface area (Å²) in [5, 5.41) is 20.0. The molecule has 1 saturated carbocycles. The van der Waals surface area contributed by atoms with Gasteiger partial charge in [0.2, 0.25) is 0 Å². The van der Waals surface area contributed by atoms with Crippen LogP contribution in [0.1, 0.15) is 49.5 Å². The van der Waals surface area contributed by atoms with Crippen LogP contribution in [-0.4, -0.2) is 5.11 Å². The Kier molecular flexibility index (Phi) is 4.24. The van der Waals surface area contributed by atoms with Crippen molar-refractivity contribution in [2.75, 3.05) is 0 Å². The first-order valence-electron chi connectivity index (χ1n) is 6.02. The van der Waals surface area contributed by atoms with E-state index in [9.17, 15) is 10.4 Å². The van der Waals surface area contributed by atoms with Crippen LogP contribution in [0.15, 0.2) is 15.9 Å². The van der Waals surface area contributed by atoms with Gasteiger partial charge in [0.05, 0.1) is 15.3 Å². The fraction of sp³-hybridized carbons (Fsp3) is 0.615. The summed E-state index contributed by atoms with van der Waals surface area (Å²) >= 11 is 4.93. The summed E-state index contributed by atoms with van der Waals surface area (Å²) in [6.07, 6.45) is 5.48. The number of thiophene rings is 1. The molecule has 0 aromatic carbocycles. The van der Waals surface area contributed by atoms with E-state index in [1.54, 1.807) is 0 Å². The van der Waals surface area contributed by atoms with Crippen LogP contribution in [0, 0.1) is 16.7 Å². The molecule has 1 aromatic rings. The zero-order chi connectivity index (χ0) is 12.3. The Balaban J connectivity index is 2.25. The average molecular weight is 314 g/mol. The molecular weight excluding hydrogens is 298 g/mol. The van der Waals surface area contributed by atoms with Crippen molar-refractivity contribution in [3.63, 3.8) is 0 Å². The fourth-order valence-corrected chi connectivity index (χ4v) is 4.08. The van der Waals surface area contributed by atoms with Crippen molar-refractivity contribution in [2.45, 2.75) is 44.6 Å². The van der Waals surface area contributed by atoms with Gasteiger partial charge in [-0.1, -0.05) is 25.7 Å². The third-order valence-corrected chi connectivity index (χ3v) is 5.28. The number of nitriles is 1. The zero-order valence-electron chi connectivity index (χ0n) is 9.66. The minimum Gasteiger partial charge on any atom is -0.386 e. The van der Waals surface area contributed by atoms with Gasteiger partial charge in [0, 0.05) is 4.88 Å². The summed E-state index contributed by atoms with van der Waals surface area (Å²) in [7, 11) is 0. The lowest BCUT2D eigenvalue weighted by Gasteiger charge is -2.29. The molecule has 1 aliphatic carbocycles. The van der Waals surface area contributed by atoms with Gasteiger partial charge >= 0.3 is 0 Å². The fourth-order valence-electron chi connectivity index (χ4n) is 2.55. The molecule has 0 bridgehead atoms. The maximum atomic E-state index is 10.5. The zero-order valence-corrected chi connectivity index (χ0v) is 12.1. The molecule has 4 heteroatoms. The van der Waals surface area contributed by atoms with Crippen molar-refractivity contribution < 1.29 is 5.11 Å². The smallest absolute Gasteiger partial charge is 0.107 e. The lowest BCUT2D eigenvalue weighted by atomic mass is 9.76. The van der Waals surface area contributed by atoms with Gasteiger partial charge in [0.15, 0.2) is 0 Å². The molecule has 0 amide bonds. The predicted octanol–water partition coefficient (Wildman–Crippen LogP) is 4.41. The van der Waals surface area contributed by atoms with Gasteiger partial charge in [0.25, 0.3) is 0 Å². The lowest BCUT2D eigenvalue weighted by molar-refractivity contribution is 0.0546. The number of halogens is 1. The third kappa shape index (κ3) is 2.73. The van der Waals surface area contributed by atoms with Crippen molar-refractivity contribution in [1.29, 1.82) is 5.26 Å². The summed E-state index contributed by atoms with van der Waals surface area (Å²) < 4.78 is 1.01. The number of hydrogen-bond acceptors (Lipinski definition) is 3. The molecule has 1 aliphatic rings. The standard InChI is InChI=1S/C13H16BrNOS/c14-11-6-5-10(17-11)12(16)13(9-15)7-3-1-2-4-8-13/h5-6,12,16H,1-4,7-8H2. The summed E-state index contributed by atoms with van der Waals surface area (Å²) in [6.45, 7) is 0. The molecular formula is C13H16BrNOS. The van der Waals surface area contributed by atoms with E-state index in [1.165, 1.54) is 24.2 Å². The molecule has 17 heavy (non-hydrogen) atoms. The molecule has 0 spiro atoms. The second-order valence-electron chi connectivity index (χ2n) is 4.73. The lowest BCUT2D eigenvalue weighted by Crippen LogP contribution is -2.26. The quantitative estimate of drug-likeness (QED) is 0.822. The molecule has 0 radical (unpaired) electrons. The number of aliphatic hydroxyl groups is 1. The van der Waals surface area contributed by atoms with Crippen LogP contribution in [0.5, 0.6) is 0 Å². The number of aliphatic hydroxyl groups excluding tert-OH is 1. The first kappa shape index (κ1) is 13.1. The van der Waals surface area contributed by atoms with E-state index in [0.29, 0.717) is 0 Å². The van der Waals surface area contributed by atoms with Gasteiger partial charge in [-0.15, -0.1) is 11.3 Å². The molecule has 1 heterocycles. The Morgan fingerprint density at radius 1 is 1.29 bits per heavy atom. The van der Waals surface area contributed by atoms with Crippen LogP contribution < -0.4 is 0 Å². The van der Waals surface area contributed by atoms with E-state index in [1.807, 2.05) is 12.1 Å². The van der Waals surface area contributed by atoms with E-state index in [4.69, 9.17) is 0 Å². The van der Waals surface area contributed by atoms with Crippen molar-refractivity contribution in [1.82, 2.24) is 0 Å². The summed E-state index contributed by atoms with van der Waals surface area (Å²) in [5.41, 5.74) is -0.569. The summed E-state index contributed by atoms with van der Waals surface area (Å²) in [5.74, 6) is 0. The predicted molar refractivity (Wildman–Crippen MR) is 72.7 cm³/mol. The molecule has 1 N–H and O–H groups in total. The maximum absolute atomic E-state index is 10.5. The second-order valence-corrected chi connectivity index (χ2v) is 7.22. The van der Waals surface area contributed by atoms with Gasteiger partial charge in [0.1, 0.15) is 6.10 Å². The number of hydrogen-bond donors (Lipinski definition) is 1. The highest BCUT2D eigenvalue weighted by Crippen LogP contribution is 2.46. The highest BCUT2D eigenvalue weighted by molar-refractivity contribution is 9.11. The number of nitrogens with zero attached hydrogens (tertiary/aromatic N) is 1. The van der Waals surface area contributed by atoms with Crippen LogP contribution in [0.2, 0.25) is 0 Å². The second kappa shape index (κ2) is 5.51. The summed E-state index contributed by atoms with van der Waals surface area (Å²) in [6, 6.07) is 6.26. The molecule has 1 atom stereocenters. The van der Waals surface area contributed by atoms with Gasteiger partial charge in [-0.05, 0) is 40.9 Å². The first-order valence-corrected chi connectivity index (χ1v) is 7.63. The van der Waals surface area contributed by atoms with Crippen LogP contribution in [0.4, 0.5) is 0 Å². The SMILES string of the molecule is N#CC1(C(O)c2ccc(Br)s2)CCCCCC1. The van der Waals surface area contributed by atoms with Crippen molar-refractivity contribution in [3.8, 4) is 6.07 Å². The highest BCUT2D eigenvalue weighted by Gasteiger charge is 2.39. The Bertz CT molecular complexity index is 415. The number of rotatable bonds is 2. The summed E-state index contributed by atoms with van der Waals surface area (Å²) in [4.78, 5) is 0.903. The Morgan fingerprint density at radius 3 is 2.41 bits per heavy atom. The van der Waals surface area contributed by atoms with E-state index >= 15 is 0 Å². The third-order valence-electron chi connectivity index (χ3n) is 3.61.